The van der Waals surface area contributed by atoms with Crippen molar-refractivity contribution < 1.29 is 19.0 Å². The van der Waals surface area contributed by atoms with E-state index < -0.39 is 0 Å². The SMILES string of the molecule is CCCCOc1nc(N)c2[nH]c(=O)n(Cc3cnc(OCCCCNCc4cccc(CC(=O)OC)c4)cc3C)c2n1. The van der Waals surface area contributed by atoms with Gasteiger partial charge in [-0.3, -0.25) is 9.36 Å². The van der Waals surface area contributed by atoms with E-state index in [0.29, 0.717) is 30.3 Å². The number of hydrogen-bond donors (Lipinski definition) is 3. The Balaban J connectivity index is 1.25. The summed E-state index contributed by atoms with van der Waals surface area (Å²) in [5, 5.41) is 3.43. The van der Waals surface area contributed by atoms with Crippen molar-refractivity contribution in [3.05, 3.63) is 69.3 Å². The Labute approximate surface area is 244 Å². The Morgan fingerprint density at radius 3 is 2.69 bits per heavy atom. The molecule has 4 N–H and O–H groups in total. The molecule has 224 valence electrons. The zero-order valence-electron chi connectivity index (χ0n) is 24.4. The molecule has 0 spiro atoms. The first kappa shape index (κ1) is 30.5. The summed E-state index contributed by atoms with van der Waals surface area (Å²) >= 11 is 0. The number of imidazole rings is 1. The van der Waals surface area contributed by atoms with Gasteiger partial charge in [-0.15, -0.1) is 0 Å². The summed E-state index contributed by atoms with van der Waals surface area (Å²) in [4.78, 5) is 40.0. The standard InChI is InChI=1S/C30H39N7O5/c1-4-5-12-42-29-35-27(31)26-28(36-29)37(30(39)34-26)19-23-18-33-24(14-20(23)2)41-13-7-6-11-32-17-22-10-8-9-21(15-22)16-25(38)40-3/h8-10,14-15,18,32H,4-7,11-13,16-17,19H2,1-3H3,(H,34,39)(H2,31,35,36). The van der Waals surface area contributed by atoms with Gasteiger partial charge in [0.1, 0.15) is 5.52 Å². The number of hydrogen-bond acceptors (Lipinski definition) is 10. The van der Waals surface area contributed by atoms with Gasteiger partial charge >= 0.3 is 17.7 Å². The van der Waals surface area contributed by atoms with E-state index in [4.69, 9.17) is 19.9 Å². The molecule has 0 saturated carbocycles. The zero-order valence-corrected chi connectivity index (χ0v) is 24.4. The summed E-state index contributed by atoms with van der Waals surface area (Å²) in [6, 6.07) is 9.95. The van der Waals surface area contributed by atoms with Gasteiger partial charge in [0.15, 0.2) is 11.5 Å². The van der Waals surface area contributed by atoms with Crippen LogP contribution in [0.1, 0.15) is 54.9 Å². The van der Waals surface area contributed by atoms with Crippen LogP contribution in [0.15, 0.2) is 41.3 Å². The maximum Gasteiger partial charge on any atom is 0.328 e. The van der Waals surface area contributed by atoms with Crippen LogP contribution in [-0.2, 0) is 29.0 Å². The number of nitrogens with zero attached hydrogens (tertiary/aromatic N) is 4. The lowest BCUT2D eigenvalue weighted by Gasteiger charge is -2.11. The number of nitrogen functional groups attached to an aromatic ring is 1. The van der Waals surface area contributed by atoms with Crippen LogP contribution in [0.5, 0.6) is 11.9 Å². The number of ether oxygens (including phenoxy) is 3. The molecule has 0 aliphatic rings. The van der Waals surface area contributed by atoms with Crippen LogP contribution in [0.25, 0.3) is 11.2 Å². The lowest BCUT2D eigenvalue weighted by Crippen LogP contribution is -2.18. The highest BCUT2D eigenvalue weighted by molar-refractivity contribution is 5.82. The molecule has 42 heavy (non-hydrogen) atoms. The number of aromatic nitrogens is 5. The number of nitrogens with two attached hydrogens (primary N) is 1. The van der Waals surface area contributed by atoms with Gasteiger partial charge in [-0.2, -0.15) is 9.97 Å². The van der Waals surface area contributed by atoms with Crippen molar-refractivity contribution in [2.45, 2.75) is 59.0 Å². The minimum atomic E-state index is -0.334. The van der Waals surface area contributed by atoms with E-state index in [-0.39, 0.29) is 36.5 Å². The minimum absolute atomic E-state index is 0.153. The van der Waals surface area contributed by atoms with E-state index in [1.807, 2.05) is 37.3 Å². The summed E-state index contributed by atoms with van der Waals surface area (Å²) in [6.07, 6.45) is 5.65. The Morgan fingerprint density at radius 2 is 1.90 bits per heavy atom. The molecule has 0 radical (unpaired) electrons. The number of carbonyl (C=O) groups excluding carboxylic acids is 1. The number of nitrogens with one attached hydrogen (secondary N) is 2. The van der Waals surface area contributed by atoms with Crippen molar-refractivity contribution in [3.8, 4) is 11.9 Å². The molecule has 4 rings (SSSR count). The van der Waals surface area contributed by atoms with Gasteiger partial charge in [0.2, 0.25) is 5.88 Å². The first-order valence-electron chi connectivity index (χ1n) is 14.2. The number of esters is 1. The molecule has 0 bridgehead atoms. The minimum Gasteiger partial charge on any atom is -0.478 e. The lowest BCUT2D eigenvalue weighted by atomic mass is 10.1. The molecular weight excluding hydrogens is 538 g/mol. The molecule has 12 heteroatoms. The predicted octanol–water partition coefficient (Wildman–Crippen LogP) is 3.30. The normalized spacial score (nSPS) is 11.1. The van der Waals surface area contributed by atoms with Crippen LogP contribution < -0.4 is 26.2 Å². The Bertz CT molecular complexity index is 1550. The molecule has 0 aliphatic carbocycles. The summed E-state index contributed by atoms with van der Waals surface area (Å²) < 4.78 is 17.7. The van der Waals surface area contributed by atoms with Crippen molar-refractivity contribution in [1.82, 2.24) is 29.8 Å². The molecule has 0 aliphatic heterocycles. The van der Waals surface area contributed by atoms with Crippen LogP contribution in [0, 0.1) is 6.92 Å². The van der Waals surface area contributed by atoms with Crippen LogP contribution >= 0.6 is 0 Å². The van der Waals surface area contributed by atoms with Gasteiger partial charge in [-0.25, -0.2) is 9.78 Å². The van der Waals surface area contributed by atoms with Crippen LogP contribution in [0.4, 0.5) is 5.82 Å². The second-order valence-corrected chi connectivity index (χ2v) is 10.1. The maximum atomic E-state index is 12.7. The number of anilines is 1. The molecule has 0 atom stereocenters. The first-order chi connectivity index (χ1) is 20.4. The molecule has 0 saturated heterocycles. The maximum absolute atomic E-state index is 12.7. The highest BCUT2D eigenvalue weighted by Crippen LogP contribution is 2.20. The molecule has 12 nitrogen and oxygen atoms in total. The average Bonchev–Trinajstić information content (AvgIpc) is 3.29. The number of benzene rings is 1. The van der Waals surface area contributed by atoms with Crippen LogP contribution in [0.2, 0.25) is 0 Å². The summed E-state index contributed by atoms with van der Waals surface area (Å²) in [7, 11) is 1.40. The number of carbonyl (C=O) groups is 1. The van der Waals surface area contributed by atoms with Crippen molar-refractivity contribution in [2.24, 2.45) is 0 Å². The molecule has 0 amide bonds. The van der Waals surface area contributed by atoms with Gasteiger partial charge in [-0.05, 0) is 55.0 Å². The van der Waals surface area contributed by atoms with E-state index in [0.717, 1.165) is 61.0 Å². The fraction of sp³-hybridized carbons (Fsp3) is 0.433. The fourth-order valence-electron chi connectivity index (χ4n) is 4.37. The third-order valence-corrected chi connectivity index (χ3v) is 6.78. The Kier molecular flexibility index (Phi) is 10.9. The third-order valence-electron chi connectivity index (χ3n) is 6.78. The van der Waals surface area contributed by atoms with Gasteiger partial charge in [0.05, 0.1) is 33.3 Å². The monoisotopic (exact) mass is 577 g/mol. The highest BCUT2D eigenvalue weighted by Gasteiger charge is 2.16. The second kappa shape index (κ2) is 15.0. The van der Waals surface area contributed by atoms with E-state index in [1.54, 1.807) is 6.20 Å². The van der Waals surface area contributed by atoms with Gasteiger partial charge in [-0.1, -0.05) is 37.6 Å². The number of aromatic amines is 1. The van der Waals surface area contributed by atoms with E-state index in [2.05, 4.69) is 32.2 Å². The van der Waals surface area contributed by atoms with Gasteiger partial charge in [0, 0.05) is 18.8 Å². The largest absolute Gasteiger partial charge is 0.478 e. The first-order valence-corrected chi connectivity index (χ1v) is 14.2. The van der Waals surface area contributed by atoms with Crippen LogP contribution in [-0.4, -0.2) is 57.3 Å². The quantitative estimate of drug-likeness (QED) is 0.133. The number of unbranched alkanes of at least 4 members (excludes halogenated alkanes) is 2. The molecule has 3 aromatic heterocycles. The van der Waals surface area contributed by atoms with Crippen molar-refractivity contribution in [1.29, 1.82) is 0 Å². The summed E-state index contributed by atoms with van der Waals surface area (Å²) in [6.45, 7) is 6.87. The number of aryl methyl sites for hydroxylation is 1. The topological polar surface area (TPSA) is 159 Å². The Hall–Kier alpha value is -4.45. The van der Waals surface area contributed by atoms with E-state index >= 15 is 0 Å². The highest BCUT2D eigenvalue weighted by atomic mass is 16.5. The average molecular weight is 578 g/mol. The van der Waals surface area contributed by atoms with E-state index in [9.17, 15) is 9.59 Å². The Morgan fingerprint density at radius 1 is 1.10 bits per heavy atom. The predicted molar refractivity (Wildman–Crippen MR) is 160 cm³/mol. The van der Waals surface area contributed by atoms with Crippen molar-refractivity contribution >= 4 is 23.0 Å². The molecular formula is C30H39N7O5. The fourth-order valence-corrected chi connectivity index (χ4v) is 4.37. The smallest absolute Gasteiger partial charge is 0.328 e. The number of pyridine rings is 1. The molecule has 1 aromatic carbocycles. The number of fused-ring (bicyclic) bond motifs is 1. The summed E-state index contributed by atoms with van der Waals surface area (Å²) in [5.74, 6) is 0.462. The lowest BCUT2D eigenvalue weighted by molar-refractivity contribution is -0.139. The van der Waals surface area contributed by atoms with Crippen molar-refractivity contribution in [3.63, 3.8) is 0 Å². The van der Waals surface area contributed by atoms with Gasteiger partial charge in [0.25, 0.3) is 0 Å². The van der Waals surface area contributed by atoms with E-state index in [1.165, 1.54) is 11.7 Å². The number of H-pyrrole nitrogens is 1. The van der Waals surface area contributed by atoms with Gasteiger partial charge < -0.3 is 30.2 Å². The third kappa shape index (κ3) is 8.29. The molecule has 0 unspecified atom stereocenters. The molecule has 4 aromatic rings. The summed E-state index contributed by atoms with van der Waals surface area (Å²) in [5.41, 5.74) is 10.4. The molecule has 3 heterocycles. The number of methoxy groups -OCH3 is 1. The number of rotatable bonds is 16. The second-order valence-electron chi connectivity index (χ2n) is 10.1. The van der Waals surface area contributed by atoms with Crippen molar-refractivity contribution in [2.75, 3.05) is 32.6 Å². The van der Waals surface area contributed by atoms with Crippen LogP contribution in [0.3, 0.4) is 0 Å². The molecule has 0 fully saturated rings. The zero-order chi connectivity index (χ0) is 29.9.